The van der Waals surface area contributed by atoms with Crippen LogP contribution >= 0.6 is 11.3 Å². The fraction of sp³-hybridized carbons (Fsp3) is 0. The second-order valence-corrected chi connectivity index (χ2v) is 3.02. The first kappa shape index (κ1) is 6.49. The van der Waals surface area contributed by atoms with E-state index in [1.807, 2.05) is 17.5 Å². The van der Waals surface area contributed by atoms with E-state index in [1.54, 1.807) is 29.9 Å². The summed E-state index contributed by atoms with van der Waals surface area (Å²) in [5.41, 5.74) is 0.947. The number of thiophene rings is 1. The van der Waals surface area contributed by atoms with Gasteiger partial charge < -0.3 is 0 Å². The first-order valence-electron chi connectivity index (χ1n) is 3.27. The molecule has 2 aromatic rings. The highest BCUT2D eigenvalue weighted by Gasteiger charge is 1.96. The van der Waals surface area contributed by atoms with Crippen LogP contribution in [0, 0.1) is 0 Å². The van der Waals surface area contributed by atoms with Crippen molar-refractivity contribution in [2.45, 2.75) is 0 Å². The fourth-order valence-corrected chi connectivity index (χ4v) is 1.54. The van der Waals surface area contributed by atoms with Gasteiger partial charge in [0.1, 0.15) is 0 Å². The van der Waals surface area contributed by atoms with Gasteiger partial charge in [0.05, 0.1) is 16.8 Å². The van der Waals surface area contributed by atoms with E-state index in [-0.39, 0.29) is 0 Å². The van der Waals surface area contributed by atoms with E-state index in [0.717, 1.165) is 10.6 Å². The quantitative estimate of drug-likeness (QED) is 0.642. The minimum absolute atomic E-state index is 0.947. The molecular formula is C8H6N2S. The average molecular weight is 162 g/mol. The van der Waals surface area contributed by atoms with E-state index in [9.17, 15) is 0 Å². The molecule has 3 heteroatoms. The molecule has 0 spiro atoms. The Morgan fingerprint density at radius 2 is 2.27 bits per heavy atom. The van der Waals surface area contributed by atoms with Gasteiger partial charge in [-0.05, 0) is 11.4 Å². The van der Waals surface area contributed by atoms with Crippen molar-refractivity contribution in [2.24, 2.45) is 0 Å². The molecule has 2 aromatic heterocycles. The number of nitrogens with zero attached hydrogens (tertiary/aromatic N) is 2. The predicted octanol–water partition coefficient (Wildman–Crippen LogP) is 2.21. The molecule has 11 heavy (non-hydrogen) atoms. The monoisotopic (exact) mass is 162 g/mol. The van der Waals surface area contributed by atoms with Crippen LogP contribution in [0.15, 0.2) is 36.1 Å². The lowest BCUT2D eigenvalue weighted by molar-refractivity contribution is 1.21. The van der Waals surface area contributed by atoms with E-state index in [4.69, 9.17) is 0 Å². The van der Waals surface area contributed by atoms with Gasteiger partial charge in [-0.25, -0.2) is 0 Å². The van der Waals surface area contributed by atoms with Gasteiger partial charge in [-0.3, -0.25) is 9.97 Å². The van der Waals surface area contributed by atoms with Gasteiger partial charge in [-0.15, -0.1) is 11.3 Å². The molecular weight excluding hydrogens is 156 g/mol. The van der Waals surface area contributed by atoms with E-state index in [1.165, 1.54) is 0 Å². The SMILES string of the molecule is c1csc(-c2cnccn2)c1. The summed E-state index contributed by atoms with van der Waals surface area (Å²) in [4.78, 5) is 9.32. The fourth-order valence-electron chi connectivity index (χ4n) is 0.851. The van der Waals surface area contributed by atoms with Crippen LogP contribution in [0.25, 0.3) is 10.6 Å². The molecule has 0 fully saturated rings. The summed E-state index contributed by atoms with van der Waals surface area (Å²) in [6.45, 7) is 0. The van der Waals surface area contributed by atoms with Crippen molar-refractivity contribution in [3.8, 4) is 10.6 Å². The third-order valence-electron chi connectivity index (χ3n) is 1.34. The molecule has 0 atom stereocenters. The Balaban J connectivity index is 2.46. The van der Waals surface area contributed by atoms with Crippen LogP contribution < -0.4 is 0 Å². The first-order valence-corrected chi connectivity index (χ1v) is 4.15. The van der Waals surface area contributed by atoms with Crippen molar-refractivity contribution in [1.82, 2.24) is 9.97 Å². The molecule has 2 heterocycles. The van der Waals surface area contributed by atoms with Gasteiger partial charge in [0.2, 0.25) is 0 Å². The number of aromatic nitrogens is 2. The van der Waals surface area contributed by atoms with E-state index < -0.39 is 0 Å². The van der Waals surface area contributed by atoms with Gasteiger partial charge in [0, 0.05) is 12.4 Å². The minimum Gasteiger partial charge on any atom is -0.261 e. The maximum absolute atomic E-state index is 4.17. The Morgan fingerprint density at radius 1 is 1.27 bits per heavy atom. The van der Waals surface area contributed by atoms with Crippen molar-refractivity contribution in [2.75, 3.05) is 0 Å². The molecule has 0 saturated heterocycles. The van der Waals surface area contributed by atoms with Gasteiger partial charge in [0.25, 0.3) is 0 Å². The first-order chi connectivity index (χ1) is 5.47. The summed E-state index contributed by atoms with van der Waals surface area (Å²) < 4.78 is 0. The summed E-state index contributed by atoms with van der Waals surface area (Å²) in [7, 11) is 0. The van der Waals surface area contributed by atoms with Crippen molar-refractivity contribution < 1.29 is 0 Å². The molecule has 0 saturated carbocycles. The van der Waals surface area contributed by atoms with E-state index in [0.29, 0.717) is 0 Å². The molecule has 2 nitrogen and oxygen atoms in total. The molecule has 0 aliphatic heterocycles. The molecule has 0 aromatic carbocycles. The van der Waals surface area contributed by atoms with Crippen LogP contribution in [0.5, 0.6) is 0 Å². The Bertz CT molecular complexity index is 315. The Morgan fingerprint density at radius 3 is 2.91 bits per heavy atom. The summed E-state index contributed by atoms with van der Waals surface area (Å²) in [6, 6.07) is 4.04. The number of hydrogen-bond acceptors (Lipinski definition) is 3. The van der Waals surface area contributed by atoms with Crippen LogP contribution in [0.3, 0.4) is 0 Å². The van der Waals surface area contributed by atoms with Crippen LogP contribution in [0.4, 0.5) is 0 Å². The summed E-state index contributed by atoms with van der Waals surface area (Å²) >= 11 is 1.67. The maximum atomic E-state index is 4.17. The van der Waals surface area contributed by atoms with Crippen molar-refractivity contribution in [3.63, 3.8) is 0 Å². The third kappa shape index (κ3) is 1.28. The third-order valence-corrected chi connectivity index (χ3v) is 2.23. The molecule has 0 N–H and O–H groups in total. The van der Waals surface area contributed by atoms with E-state index >= 15 is 0 Å². The zero-order valence-corrected chi connectivity index (χ0v) is 6.58. The highest BCUT2D eigenvalue weighted by Crippen LogP contribution is 2.20. The molecule has 0 aliphatic rings. The Labute approximate surface area is 68.6 Å². The number of rotatable bonds is 1. The molecule has 54 valence electrons. The maximum Gasteiger partial charge on any atom is 0.0984 e. The highest BCUT2D eigenvalue weighted by molar-refractivity contribution is 7.13. The molecule has 0 aliphatic carbocycles. The lowest BCUT2D eigenvalue weighted by atomic mass is 10.4. The van der Waals surface area contributed by atoms with Gasteiger partial charge in [-0.2, -0.15) is 0 Å². The van der Waals surface area contributed by atoms with Gasteiger partial charge in [0.15, 0.2) is 0 Å². The highest BCUT2D eigenvalue weighted by atomic mass is 32.1. The van der Waals surface area contributed by atoms with Crippen LogP contribution in [0.2, 0.25) is 0 Å². The van der Waals surface area contributed by atoms with Crippen LogP contribution in [-0.4, -0.2) is 9.97 Å². The summed E-state index contributed by atoms with van der Waals surface area (Å²) in [6.07, 6.45) is 5.15. The van der Waals surface area contributed by atoms with Crippen molar-refractivity contribution in [1.29, 1.82) is 0 Å². The van der Waals surface area contributed by atoms with Crippen LogP contribution in [0.1, 0.15) is 0 Å². The minimum atomic E-state index is 0.947. The lowest BCUT2D eigenvalue weighted by Crippen LogP contribution is -1.79. The largest absolute Gasteiger partial charge is 0.261 e. The van der Waals surface area contributed by atoms with Gasteiger partial charge >= 0.3 is 0 Å². The number of hydrogen-bond donors (Lipinski definition) is 0. The second-order valence-electron chi connectivity index (χ2n) is 2.07. The molecule has 0 unspecified atom stereocenters. The smallest absolute Gasteiger partial charge is 0.0984 e. The molecule has 0 bridgehead atoms. The topological polar surface area (TPSA) is 25.8 Å². The Kier molecular flexibility index (Phi) is 1.65. The lowest BCUT2D eigenvalue weighted by Gasteiger charge is -1.91. The molecule has 0 radical (unpaired) electrons. The summed E-state index contributed by atoms with van der Waals surface area (Å²) in [5.74, 6) is 0. The van der Waals surface area contributed by atoms with Crippen molar-refractivity contribution in [3.05, 3.63) is 36.1 Å². The molecule has 2 rings (SSSR count). The van der Waals surface area contributed by atoms with Crippen LogP contribution in [-0.2, 0) is 0 Å². The van der Waals surface area contributed by atoms with Gasteiger partial charge in [-0.1, -0.05) is 6.07 Å². The predicted molar refractivity (Wildman–Crippen MR) is 45.3 cm³/mol. The standard InChI is InChI=1S/C8H6N2S/c1-2-8(11-5-1)7-6-9-3-4-10-7/h1-6H. The summed E-state index contributed by atoms with van der Waals surface area (Å²) in [5, 5.41) is 2.03. The second kappa shape index (κ2) is 2.80. The van der Waals surface area contributed by atoms with E-state index in [2.05, 4.69) is 9.97 Å². The average Bonchev–Trinajstić information content (AvgIpc) is 2.58. The Hall–Kier alpha value is -1.22. The normalized spacial score (nSPS) is 9.82. The zero-order valence-electron chi connectivity index (χ0n) is 5.77. The van der Waals surface area contributed by atoms with Crippen molar-refractivity contribution >= 4 is 11.3 Å². The molecule has 0 amide bonds. The zero-order chi connectivity index (χ0) is 7.52.